The van der Waals surface area contributed by atoms with Crippen LogP contribution >= 0.6 is 34.9 Å². The second-order valence-electron chi connectivity index (χ2n) is 7.06. The van der Waals surface area contributed by atoms with Crippen molar-refractivity contribution in [3.05, 3.63) is 21.7 Å². The topological polar surface area (TPSA) is 159 Å². The van der Waals surface area contributed by atoms with Crippen LogP contribution in [0.2, 0.25) is 0 Å². The van der Waals surface area contributed by atoms with Gasteiger partial charge in [-0.2, -0.15) is 0 Å². The molecule has 0 bridgehead atoms. The quantitative estimate of drug-likeness (QED) is 0.151. The first kappa shape index (κ1) is 26.3. The number of hydrogen-bond acceptors (Lipinski definition) is 12. The number of carboxylic acid groups (broad SMARTS) is 1. The molecule has 0 aromatic carbocycles. The number of carbonyl (C=O) groups excluding carboxylic acids is 3. The van der Waals surface area contributed by atoms with E-state index in [1.54, 1.807) is 5.38 Å². The molecule has 172 valence electrons. The molecule has 3 aliphatic heterocycles. The van der Waals surface area contributed by atoms with E-state index in [4.69, 9.17) is 15.3 Å². The zero-order valence-corrected chi connectivity index (χ0v) is 22.4. The molecule has 2 saturated heterocycles. The third-order valence-corrected chi connectivity index (χ3v) is 8.40. The number of nitrogen functional groups attached to an aromatic ring is 1. The van der Waals surface area contributed by atoms with Gasteiger partial charge < -0.3 is 30.5 Å². The molecule has 1 aromatic rings. The number of thioether (sulfide) groups is 2. The van der Waals surface area contributed by atoms with Gasteiger partial charge in [-0.05, 0) is 12.8 Å². The zero-order valence-electron chi connectivity index (χ0n) is 17.9. The fraction of sp³-hybridized carbons (Fsp3) is 0.500. The number of anilines is 1. The summed E-state index contributed by atoms with van der Waals surface area (Å²) in [5.74, 6) is -1.60. The Labute approximate surface area is 224 Å². The number of aliphatic carboxylic acids is 1. The molecule has 0 radical (unpaired) electrons. The van der Waals surface area contributed by atoms with Gasteiger partial charge in [0, 0.05) is 28.4 Å². The van der Waals surface area contributed by atoms with Crippen molar-refractivity contribution in [3.63, 3.8) is 0 Å². The first-order chi connectivity index (χ1) is 15.4. The molecule has 33 heavy (non-hydrogen) atoms. The van der Waals surface area contributed by atoms with Gasteiger partial charge in [-0.25, -0.2) is 4.98 Å². The second kappa shape index (κ2) is 11.4. The number of nitrogens with zero attached hydrogens (tertiary/aromatic N) is 3. The van der Waals surface area contributed by atoms with Gasteiger partial charge in [0.1, 0.15) is 24.2 Å². The number of carboxylic acids is 1. The van der Waals surface area contributed by atoms with Gasteiger partial charge in [-0.3, -0.25) is 14.5 Å². The minimum absolute atomic E-state index is 0. The van der Waals surface area contributed by atoms with Crippen molar-refractivity contribution in [2.45, 2.75) is 30.4 Å². The standard InChI is InChI=1S/C18H21N5O6S3.Na/c1-28-22-11(9-6-32-18(19)20-9)14(24)21-12-15(25)23-13(17(26)27)10(7-31-16(12)23)30-5-8-3-2-4-29-8;/h6,8,12,16H,2-5,7H2,1H3,(H2,19,20)(H,21,24)(H,26,27);/q;+1/p-1/b22-11-;/t8?,12?,16-;/m0./s1. The van der Waals surface area contributed by atoms with E-state index in [0.29, 0.717) is 23.0 Å². The molecule has 3 aliphatic rings. The molecule has 2 unspecified atom stereocenters. The van der Waals surface area contributed by atoms with Gasteiger partial charge in [-0.15, -0.1) is 34.9 Å². The van der Waals surface area contributed by atoms with Crippen molar-refractivity contribution in [3.8, 4) is 0 Å². The number of carbonyl (C=O) groups is 3. The summed E-state index contributed by atoms with van der Waals surface area (Å²) in [5, 5.41) is 19.4. The summed E-state index contributed by atoms with van der Waals surface area (Å²) in [6, 6.07) is -0.912. The van der Waals surface area contributed by atoms with Gasteiger partial charge in [-0.1, -0.05) is 5.16 Å². The summed E-state index contributed by atoms with van der Waals surface area (Å²) in [6.07, 6.45) is 2.00. The normalized spacial score (nSPS) is 24.6. The Bertz CT molecular complexity index is 996. The van der Waals surface area contributed by atoms with E-state index in [1.807, 2.05) is 0 Å². The number of nitrogens with two attached hydrogens (primary N) is 1. The number of nitrogens with one attached hydrogen (secondary N) is 1. The Morgan fingerprint density at radius 2 is 2.30 bits per heavy atom. The number of hydrogen-bond donors (Lipinski definition) is 2. The first-order valence-electron chi connectivity index (χ1n) is 9.67. The molecular formula is C18H20N5NaO6S3. The van der Waals surface area contributed by atoms with Crippen LogP contribution in [-0.4, -0.2) is 76.1 Å². The maximum Gasteiger partial charge on any atom is 1.00 e. The van der Waals surface area contributed by atoms with Crippen LogP contribution in [0, 0.1) is 0 Å². The summed E-state index contributed by atoms with van der Waals surface area (Å²) in [7, 11) is 1.28. The van der Waals surface area contributed by atoms with Crippen LogP contribution in [0.15, 0.2) is 21.1 Å². The van der Waals surface area contributed by atoms with Crippen LogP contribution in [0.5, 0.6) is 0 Å². The zero-order chi connectivity index (χ0) is 22.8. The Kier molecular flexibility index (Phi) is 9.11. The molecule has 4 rings (SSSR count). The summed E-state index contributed by atoms with van der Waals surface area (Å²) in [4.78, 5) is 47.9. The molecule has 0 saturated carbocycles. The van der Waals surface area contributed by atoms with E-state index < -0.39 is 29.2 Å². The van der Waals surface area contributed by atoms with Gasteiger partial charge in [0.2, 0.25) is 0 Å². The summed E-state index contributed by atoms with van der Waals surface area (Å²) >= 11 is 3.89. The monoisotopic (exact) mass is 521 g/mol. The molecule has 4 heterocycles. The number of fused-ring (bicyclic) bond motifs is 1. The van der Waals surface area contributed by atoms with Crippen LogP contribution in [0.25, 0.3) is 0 Å². The van der Waals surface area contributed by atoms with Gasteiger partial charge in [0.05, 0.1) is 17.8 Å². The average Bonchev–Trinajstić information content (AvgIpc) is 3.45. The molecule has 0 spiro atoms. The van der Waals surface area contributed by atoms with Crippen LogP contribution in [0.4, 0.5) is 5.13 Å². The number of rotatable bonds is 8. The van der Waals surface area contributed by atoms with E-state index >= 15 is 0 Å². The maximum absolute atomic E-state index is 12.8. The average molecular weight is 522 g/mol. The molecule has 15 heteroatoms. The van der Waals surface area contributed by atoms with Gasteiger partial charge in [0.25, 0.3) is 11.8 Å². The minimum Gasteiger partial charge on any atom is -0.543 e. The molecular weight excluding hydrogens is 501 g/mol. The molecule has 1 aromatic heterocycles. The molecule has 2 amide bonds. The van der Waals surface area contributed by atoms with Gasteiger partial charge >= 0.3 is 29.6 Å². The fourth-order valence-electron chi connectivity index (χ4n) is 3.56. The summed E-state index contributed by atoms with van der Waals surface area (Å²) in [6.45, 7) is 0.711. The number of ether oxygens (including phenoxy) is 1. The number of oxime groups is 1. The fourth-order valence-corrected chi connectivity index (χ4v) is 6.81. The molecule has 0 aliphatic carbocycles. The van der Waals surface area contributed by atoms with Crippen molar-refractivity contribution in [1.29, 1.82) is 0 Å². The van der Waals surface area contributed by atoms with Crippen molar-refractivity contribution in [2.75, 3.05) is 31.0 Å². The molecule has 11 nitrogen and oxygen atoms in total. The Morgan fingerprint density at radius 3 is 2.91 bits per heavy atom. The Morgan fingerprint density at radius 1 is 1.52 bits per heavy atom. The molecule has 2 fully saturated rings. The summed E-state index contributed by atoms with van der Waals surface area (Å²) in [5.41, 5.74) is 5.58. The predicted octanol–water partition coefficient (Wildman–Crippen LogP) is -3.65. The number of β-lactam (4-membered cyclic amide) rings is 1. The smallest absolute Gasteiger partial charge is 0.543 e. The number of amides is 2. The van der Waals surface area contributed by atoms with E-state index in [0.717, 1.165) is 24.2 Å². The predicted molar refractivity (Wildman–Crippen MR) is 119 cm³/mol. The van der Waals surface area contributed by atoms with Gasteiger partial charge in [0.15, 0.2) is 10.8 Å². The minimum atomic E-state index is -1.41. The van der Waals surface area contributed by atoms with Crippen LogP contribution in [-0.2, 0) is 24.0 Å². The van der Waals surface area contributed by atoms with Crippen molar-refractivity contribution in [1.82, 2.24) is 15.2 Å². The van der Waals surface area contributed by atoms with Crippen molar-refractivity contribution < 1.29 is 58.6 Å². The van der Waals surface area contributed by atoms with E-state index in [1.165, 1.54) is 35.5 Å². The van der Waals surface area contributed by atoms with E-state index in [2.05, 4.69) is 15.5 Å². The molecule has 3 N–H and O–H groups in total. The summed E-state index contributed by atoms with van der Waals surface area (Å²) < 4.78 is 5.59. The van der Waals surface area contributed by atoms with Crippen LogP contribution in [0.1, 0.15) is 18.5 Å². The molecule has 3 atom stereocenters. The SMILES string of the molecule is CO/N=C(\C(=O)NC1C(=O)N2C(C(=O)[O-])=C(SCC3CCCO3)CS[C@@H]12)c1csc(N)n1.[Na+]. The van der Waals surface area contributed by atoms with E-state index in [-0.39, 0.29) is 57.9 Å². The van der Waals surface area contributed by atoms with Crippen LogP contribution in [0.3, 0.4) is 0 Å². The number of aromatic nitrogens is 1. The second-order valence-corrected chi connectivity index (χ2v) is 10.2. The Hall–Kier alpha value is -1.29. The first-order valence-corrected chi connectivity index (χ1v) is 12.6. The third-order valence-electron chi connectivity index (χ3n) is 5.04. The van der Waals surface area contributed by atoms with E-state index in [9.17, 15) is 19.5 Å². The third kappa shape index (κ3) is 5.52. The van der Waals surface area contributed by atoms with Crippen molar-refractivity contribution >= 4 is 63.5 Å². The van der Waals surface area contributed by atoms with Crippen LogP contribution < -0.4 is 45.7 Å². The number of thiazole rings is 1. The maximum atomic E-state index is 12.8. The van der Waals surface area contributed by atoms with Crippen molar-refractivity contribution in [2.24, 2.45) is 5.16 Å². The Balaban J connectivity index is 0.00000306. The largest absolute Gasteiger partial charge is 1.00 e.